The molecule has 244 valence electrons. The first kappa shape index (κ1) is 32.4. The normalized spacial score (nSPS) is 15.8. The number of ether oxygens (including phenoxy) is 2. The van der Waals surface area contributed by atoms with E-state index >= 15 is 0 Å². The van der Waals surface area contributed by atoms with Crippen LogP contribution in [0.2, 0.25) is 0 Å². The van der Waals surface area contributed by atoms with Gasteiger partial charge >= 0.3 is 0 Å². The number of benzene rings is 2. The van der Waals surface area contributed by atoms with Crippen LogP contribution >= 0.6 is 0 Å². The van der Waals surface area contributed by atoms with Crippen LogP contribution in [-0.4, -0.2) is 39.9 Å². The Morgan fingerprint density at radius 1 is 0.833 bits per heavy atom. The summed E-state index contributed by atoms with van der Waals surface area (Å²) in [5.74, 6) is -0.588. The van der Waals surface area contributed by atoms with E-state index in [1.54, 1.807) is 49.7 Å². The van der Waals surface area contributed by atoms with E-state index < -0.39 is 11.7 Å². The van der Waals surface area contributed by atoms with Gasteiger partial charge in [0.05, 0.1) is 17.4 Å². The Balaban J connectivity index is 1.23. The Labute approximate surface area is 276 Å². The lowest BCUT2D eigenvalue weighted by atomic mass is 9.87. The Morgan fingerprint density at radius 2 is 1.62 bits per heavy atom. The summed E-state index contributed by atoms with van der Waals surface area (Å²) in [6, 6.07) is 22.6. The van der Waals surface area contributed by atoms with Crippen LogP contribution < -0.4 is 15.4 Å². The number of hydrogen-bond donors (Lipinski definition) is 2. The number of amides is 1. The molecule has 1 saturated carbocycles. The first-order valence-electron chi connectivity index (χ1n) is 15.6. The van der Waals surface area contributed by atoms with Crippen LogP contribution in [0.5, 0.6) is 5.75 Å². The number of anilines is 3. The number of hydrogen-bond acceptors (Lipinski definition) is 8. The topological polar surface area (TPSA) is 115 Å². The summed E-state index contributed by atoms with van der Waals surface area (Å²) >= 11 is 0. The van der Waals surface area contributed by atoms with Gasteiger partial charge in [0.25, 0.3) is 0 Å². The van der Waals surface area contributed by atoms with Crippen molar-refractivity contribution in [2.24, 2.45) is 5.92 Å². The predicted molar refractivity (Wildman–Crippen MR) is 177 cm³/mol. The third-order valence-corrected chi connectivity index (χ3v) is 8.20. The number of nitrogens with one attached hydrogen (secondary N) is 2. The summed E-state index contributed by atoms with van der Waals surface area (Å²) in [5, 5.41) is 6.18. The summed E-state index contributed by atoms with van der Waals surface area (Å²) in [6.45, 7) is 0.0314. The maximum absolute atomic E-state index is 14.2. The molecule has 1 amide bonds. The standard InChI is InChI=1S/C37H33F2N5O4/c1-47-30-13-7-23(8-14-30)37(46)44-33-20-24(15-17-40-33)26-18-29(43-34(21-26)42-28-11-9-27(38)10-12-28)22-48-31-5-2-4-25(19-31)35(45)32-6-3-16-41-36(32)39/h2-6,9-12,15-21,23,30H,7-8,13-14,22H2,1H3,(H,42,43)(H,40,44,46)/t23-,30+. The fraction of sp³-hybridized carbons (Fsp3) is 0.216. The number of carbonyl (C=O) groups excluding carboxylic acids is 2. The van der Waals surface area contributed by atoms with Crippen molar-refractivity contribution >= 4 is 29.0 Å². The molecule has 0 atom stereocenters. The maximum Gasteiger partial charge on any atom is 0.228 e. The van der Waals surface area contributed by atoms with Crippen molar-refractivity contribution in [3.05, 3.63) is 126 Å². The van der Waals surface area contributed by atoms with E-state index in [1.807, 2.05) is 18.2 Å². The SMILES string of the molecule is CO[C@H]1CC[C@@H](C(=O)Nc2cc(-c3cc(COc4cccc(C(=O)c5cccnc5F)c4)nc(Nc4ccc(F)cc4)c3)ccn2)CC1. The highest BCUT2D eigenvalue weighted by atomic mass is 19.1. The van der Waals surface area contributed by atoms with Crippen LogP contribution in [0.1, 0.15) is 47.3 Å². The van der Waals surface area contributed by atoms with E-state index in [4.69, 9.17) is 14.5 Å². The average molecular weight is 650 g/mol. The number of nitrogens with zero attached hydrogens (tertiary/aromatic N) is 3. The number of carbonyl (C=O) groups is 2. The Bertz CT molecular complexity index is 1910. The monoisotopic (exact) mass is 649 g/mol. The summed E-state index contributed by atoms with van der Waals surface area (Å²) < 4.78 is 39.2. The molecule has 2 N–H and O–H groups in total. The largest absolute Gasteiger partial charge is 0.487 e. The summed E-state index contributed by atoms with van der Waals surface area (Å²) in [5.41, 5.74) is 2.84. The van der Waals surface area contributed by atoms with Crippen molar-refractivity contribution < 1.29 is 27.8 Å². The smallest absolute Gasteiger partial charge is 0.228 e. The highest BCUT2D eigenvalue weighted by Crippen LogP contribution is 2.29. The van der Waals surface area contributed by atoms with Crippen molar-refractivity contribution in [2.45, 2.75) is 38.4 Å². The van der Waals surface area contributed by atoms with Crippen LogP contribution in [0.4, 0.5) is 26.1 Å². The maximum atomic E-state index is 14.2. The first-order valence-corrected chi connectivity index (χ1v) is 15.6. The molecule has 0 saturated heterocycles. The van der Waals surface area contributed by atoms with Crippen LogP contribution in [0.25, 0.3) is 11.1 Å². The van der Waals surface area contributed by atoms with E-state index in [1.165, 1.54) is 36.5 Å². The van der Waals surface area contributed by atoms with Gasteiger partial charge in [0.15, 0.2) is 5.78 Å². The van der Waals surface area contributed by atoms with E-state index in [0.29, 0.717) is 28.8 Å². The summed E-state index contributed by atoms with van der Waals surface area (Å²) in [7, 11) is 1.70. The number of pyridine rings is 3. The molecule has 0 spiro atoms. The fourth-order valence-electron chi connectivity index (χ4n) is 5.64. The van der Waals surface area contributed by atoms with Gasteiger partial charge in [0.2, 0.25) is 11.9 Å². The van der Waals surface area contributed by atoms with Crippen LogP contribution in [-0.2, 0) is 16.1 Å². The Hall–Kier alpha value is -5.55. The zero-order chi connectivity index (χ0) is 33.5. The molecule has 1 aliphatic carbocycles. The van der Waals surface area contributed by atoms with Crippen LogP contribution in [0, 0.1) is 17.7 Å². The second-order valence-electron chi connectivity index (χ2n) is 11.5. The molecule has 0 radical (unpaired) electrons. The van der Waals surface area contributed by atoms with Gasteiger partial charge in [-0.25, -0.2) is 19.3 Å². The van der Waals surface area contributed by atoms with Gasteiger partial charge in [-0.1, -0.05) is 12.1 Å². The molecule has 48 heavy (non-hydrogen) atoms. The van der Waals surface area contributed by atoms with Crippen molar-refractivity contribution in [1.82, 2.24) is 15.0 Å². The molecule has 3 heterocycles. The van der Waals surface area contributed by atoms with E-state index in [-0.39, 0.29) is 41.5 Å². The third kappa shape index (κ3) is 8.05. The summed E-state index contributed by atoms with van der Waals surface area (Å²) in [4.78, 5) is 38.6. The number of methoxy groups -OCH3 is 1. The molecule has 1 fully saturated rings. The lowest BCUT2D eigenvalue weighted by Crippen LogP contribution is -2.29. The molecule has 0 aliphatic heterocycles. The molecular weight excluding hydrogens is 616 g/mol. The first-order chi connectivity index (χ1) is 23.3. The van der Waals surface area contributed by atoms with Gasteiger partial charge in [0, 0.05) is 36.7 Å². The Kier molecular flexibility index (Phi) is 10.1. The molecule has 2 aromatic carbocycles. The van der Waals surface area contributed by atoms with Gasteiger partial charge in [0.1, 0.15) is 29.8 Å². The lowest BCUT2D eigenvalue weighted by Gasteiger charge is -2.26. The zero-order valence-electron chi connectivity index (χ0n) is 26.2. The van der Waals surface area contributed by atoms with Crippen molar-refractivity contribution in [1.29, 1.82) is 0 Å². The third-order valence-electron chi connectivity index (χ3n) is 8.20. The zero-order valence-corrected chi connectivity index (χ0v) is 26.2. The molecule has 9 nitrogen and oxygen atoms in total. The number of rotatable bonds is 11. The molecule has 3 aromatic heterocycles. The second kappa shape index (κ2) is 14.9. The molecular formula is C37H33F2N5O4. The summed E-state index contributed by atoms with van der Waals surface area (Å²) in [6.07, 6.45) is 6.31. The van der Waals surface area contributed by atoms with E-state index in [2.05, 4.69) is 20.6 Å². The minimum atomic E-state index is -0.843. The van der Waals surface area contributed by atoms with E-state index in [9.17, 15) is 18.4 Å². The number of halogens is 2. The molecule has 5 aromatic rings. The molecule has 0 bridgehead atoms. The van der Waals surface area contributed by atoms with Gasteiger partial charge in [-0.3, -0.25) is 9.59 Å². The highest BCUT2D eigenvalue weighted by molar-refractivity contribution is 6.09. The number of aromatic nitrogens is 3. The molecule has 6 rings (SSSR count). The van der Waals surface area contributed by atoms with E-state index in [0.717, 1.165) is 36.8 Å². The Morgan fingerprint density at radius 3 is 2.40 bits per heavy atom. The molecule has 0 unspecified atom stereocenters. The minimum Gasteiger partial charge on any atom is -0.487 e. The lowest BCUT2D eigenvalue weighted by molar-refractivity contribution is -0.121. The highest BCUT2D eigenvalue weighted by Gasteiger charge is 2.26. The minimum absolute atomic E-state index is 0.0314. The number of ketones is 1. The quantitative estimate of drug-likeness (QED) is 0.112. The predicted octanol–water partition coefficient (Wildman–Crippen LogP) is 7.51. The van der Waals surface area contributed by atoms with Crippen molar-refractivity contribution in [2.75, 3.05) is 17.7 Å². The van der Waals surface area contributed by atoms with Gasteiger partial charge in [-0.2, -0.15) is 4.39 Å². The second-order valence-corrected chi connectivity index (χ2v) is 11.5. The molecule has 11 heteroatoms. The van der Waals surface area contributed by atoms with Gasteiger partial charge < -0.3 is 20.1 Å². The van der Waals surface area contributed by atoms with Crippen LogP contribution in [0.3, 0.4) is 0 Å². The molecule has 1 aliphatic rings. The fourth-order valence-corrected chi connectivity index (χ4v) is 5.64. The van der Waals surface area contributed by atoms with Crippen LogP contribution in [0.15, 0.2) is 97.3 Å². The van der Waals surface area contributed by atoms with Crippen molar-refractivity contribution in [3.8, 4) is 16.9 Å². The van der Waals surface area contributed by atoms with Gasteiger partial charge in [-0.15, -0.1) is 0 Å². The van der Waals surface area contributed by atoms with Gasteiger partial charge in [-0.05, 0) is 110 Å². The van der Waals surface area contributed by atoms with Crippen molar-refractivity contribution in [3.63, 3.8) is 0 Å². The average Bonchev–Trinajstić information content (AvgIpc) is 3.12.